The van der Waals surface area contributed by atoms with E-state index in [2.05, 4.69) is 21.2 Å². The second-order valence-electron chi connectivity index (χ2n) is 5.33. The smallest absolute Gasteiger partial charge is 0.205 e. The first-order chi connectivity index (χ1) is 9.35. The maximum Gasteiger partial charge on any atom is 0.205 e. The van der Waals surface area contributed by atoms with Crippen LogP contribution in [-0.4, -0.2) is 28.5 Å². The molecule has 1 fully saturated rings. The first-order valence-corrected chi connectivity index (χ1v) is 8.41. The molecule has 1 aromatic heterocycles. The highest BCUT2D eigenvalue weighted by atomic mass is 32.1. The fraction of sp³-hybridized carbons (Fsp3) is 0.857. The summed E-state index contributed by atoms with van der Waals surface area (Å²) in [6.07, 6.45) is 10.0. The van der Waals surface area contributed by atoms with Crippen LogP contribution in [0.1, 0.15) is 57.7 Å². The largest absolute Gasteiger partial charge is 0.344 e. The van der Waals surface area contributed by atoms with E-state index in [1.165, 1.54) is 38.5 Å². The number of aryl methyl sites for hydroxylation is 1. The molecule has 19 heavy (non-hydrogen) atoms. The Morgan fingerprint density at radius 2 is 2.00 bits per heavy atom. The molecule has 1 saturated carbocycles. The number of rotatable bonds is 6. The number of nitrogens with two attached hydrogens (primary N) is 1. The summed E-state index contributed by atoms with van der Waals surface area (Å²) in [5.41, 5.74) is 5.69. The Labute approximate surface area is 120 Å². The monoisotopic (exact) mass is 282 g/mol. The van der Waals surface area contributed by atoms with Gasteiger partial charge in [0.1, 0.15) is 5.82 Å². The van der Waals surface area contributed by atoms with Gasteiger partial charge in [-0.25, -0.2) is 4.98 Å². The van der Waals surface area contributed by atoms with E-state index in [1.807, 2.05) is 0 Å². The Morgan fingerprint density at radius 1 is 1.26 bits per heavy atom. The summed E-state index contributed by atoms with van der Waals surface area (Å²) >= 11 is 1.56. The minimum Gasteiger partial charge on any atom is -0.344 e. The van der Waals surface area contributed by atoms with Gasteiger partial charge in [0.25, 0.3) is 0 Å². The number of aromatic nitrogens is 2. The summed E-state index contributed by atoms with van der Waals surface area (Å²) in [6, 6.07) is 0.645. The highest BCUT2D eigenvalue weighted by Gasteiger charge is 2.22. The molecular formula is C14H26N4S. The van der Waals surface area contributed by atoms with Crippen molar-refractivity contribution < 1.29 is 0 Å². The lowest BCUT2D eigenvalue weighted by Gasteiger charge is -2.30. The van der Waals surface area contributed by atoms with Gasteiger partial charge in [0, 0.05) is 30.5 Å². The zero-order valence-electron chi connectivity index (χ0n) is 12.0. The van der Waals surface area contributed by atoms with Crippen LogP contribution in [0.2, 0.25) is 0 Å². The van der Waals surface area contributed by atoms with Crippen molar-refractivity contribution in [2.75, 3.05) is 18.0 Å². The van der Waals surface area contributed by atoms with Crippen LogP contribution in [0.5, 0.6) is 0 Å². The Kier molecular flexibility index (Phi) is 6.04. The van der Waals surface area contributed by atoms with E-state index < -0.39 is 0 Å². The lowest BCUT2D eigenvalue weighted by molar-refractivity contribution is 0.518. The maximum atomic E-state index is 5.69. The van der Waals surface area contributed by atoms with Gasteiger partial charge in [-0.15, -0.1) is 0 Å². The van der Waals surface area contributed by atoms with Crippen molar-refractivity contribution in [2.24, 2.45) is 5.73 Å². The van der Waals surface area contributed by atoms with Gasteiger partial charge in [0.2, 0.25) is 5.13 Å². The SMILES string of the molecule is CCc1nsc(N(CCCN)C2CCCCCC2)n1. The second kappa shape index (κ2) is 7.80. The first-order valence-electron chi connectivity index (χ1n) is 7.64. The third-order valence-corrected chi connectivity index (χ3v) is 4.68. The zero-order chi connectivity index (χ0) is 13.5. The number of hydrogen-bond donors (Lipinski definition) is 1. The fourth-order valence-electron chi connectivity index (χ4n) is 2.77. The van der Waals surface area contributed by atoms with Crippen LogP contribution in [0.3, 0.4) is 0 Å². The molecule has 2 N–H and O–H groups in total. The van der Waals surface area contributed by atoms with E-state index in [4.69, 9.17) is 5.73 Å². The van der Waals surface area contributed by atoms with Crippen molar-refractivity contribution in [3.63, 3.8) is 0 Å². The molecule has 1 aliphatic carbocycles. The number of hydrogen-bond acceptors (Lipinski definition) is 5. The molecule has 0 spiro atoms. The minimum absolute atomic E-state index is 0.645. The molecular weight excluding hydrogens is 256 g/mol. The summed E-state index contributed by atoms with van der Waals surface area (Å²) < 4.78 is 4.44. The summed E-state index contributed by atoms with van der Waals surface area (Å²) in [5, 5.41) is 1.11. The van der Waals surface area contributed by atoms with Gasteiger partial charge in [0.15, 0.2) is 0 Å². The van der Waals surface area contributed by atoms with Crippen molar-refractivity contribution in [1.82, 2.24) is 9.36 Å². The fourth-order valence-corrected chi connectivity index (χ4v) is 3.62. The van der Waals surface area contributed by atoms with Gasteiger partial charge in [-0.1, -0.05) is 32.6 Å². The normalized spacial score (nSPS) is 17.4. The van der Waals surface area contributed by atoms with Crippen molar-refractivity contribution in [3.05, 3.63) is 5.82 Å². The first kappa shape index (κ1) is 14.7. The van der Waals surface area contributed by atoms with Gasteiger partial charge in [-0.2, -0.15) is 4.37 Å². The van der Waals surface area contributed by atoms with E-state index in [9.17, 15) is 0 Å². The molecule has 0 aliphatic heterocycles. The molecule has 1 aliphatic rings. The lowest BCUT2D eigenvalue weighted by Crippen LogP contribution is -2.36. The number of anilines is 1. The molecule has 1 heterocycles. The van der Waals surface area contributed by atoms with E-state index in [1.54, 1.807) is 11.5 Å². The molecule has 108 valence electrons. The van der Waals surface area contributed by atoms with Crippen LogP contribution in [0.4, 0.5) is 5.13 Å². The van der Waals surface area contributed by atoms with E-state index in [0.717, 1.165) is 36.9 Å². The predicted molar refractivity (Wildman–Crippen MR) is 81.8 cm³/mol. The quantitative estimate of drug-likeness (QED) is 0.815. The van der Waals surface area contributed by atoms with E-state index in [-0.39, 0.29) is 0 Å². The van der Waals surface area contributed by atoms with Gasteiger partial charge >= 0.3 is 0 Å². The number of nitrogens with zero attached hydrogens (tertiary/aromatic N) is 3. The summed E-state index contributed by atoms with van der Waals surface area (Å²) in [7, 11) is 0. The van der Waals surface area contributed by atoms with Crippen LogP contribution in [-0.2, 0) is 6.42 Å². The molecule has 0 unspecified atom stereocenters. The van der Waals surface area contributed by atoms with Crippen molar-refractivity contribution in [2.45, 2.75) is 64.3 Å². The highest BCUT2D eigenvalue weighted by molar-refractivity contribution is 7.09. The van der Waals surface area contributed by atoms with Gasteiger partial charge < -0.3 is 10.6 Å². The van der Waals surface area contributed by atoms with Gasteiger partial charge in [0.05, 0.1) is 0 Å². The van der Waals surface area contributed by atoms with Gasteiger partial charge in [-0.05, 0) is 25.8 Å². The van der Waals surface area contributed by atoms with Crippen LogP contribution < -0.4 is 10.6 Å². The minimum atomic E-state index is 0.645. The molecule has 0 aromatic carbocycles. The molecule has 0 radical (unpaired) electrons. The Balaban J connectivity index is 2.08. The molecule has 5 heteroatoms. The summed E-state index contributed by atoms with van der Waals surface area (Å²) in [4.78, 5) is 7.16. The van der Waals surface area contributed by atoms with Crippen molar-refractivity contribution >= 4 is 16.7 Å². The molecule has 0 atom stereocenters. The summed E-state index contributed by atoms with van der Waals surface area (Å²) in [6.45, 7) is 3.89. The van der Waals surface area contributed by atoms with Crippen LogP contribution in [0.15, 0.2) is 0 Å². The van der Waals surface area contributed by atoms with E-state index in [0.29, 0.717) is 6.04 Å². The summed E-state index contributed by atoms with van der Waals surface area (Å²) in [5.74, 6) is 0.978. The maximum absolute atomic E-state index is 5.69. The third-order valence-electron chi connectivity index (χ3n) is 3.89. The molecule has 4 nitrogen and oxygen atoms in total. The van der Waals surface area contributed by atoms with Crippen LogP contribution >= 0.6 is 11.5 Å². The Morgan fingerprint density at radius 3 is 2.58 bits per heavy atom. The molecule has 0 saturated heterocycles. The topological polar surface area (TPSA) is 55.0 Å². The Bertz CT molecular complexity index is 358. The average molecular weight is 282 g/mol. The van der Waals surface area contributed by atoms with Crippen molar-refractivity contribution in [1.29, 1.82) is 0 Å². The second-order valence-corrected chi connectivity index (χ2v) is 6.06. The third kappa shape index (κ3) is 4.14. The Hall–Kier alpha value is -0.680. The van der Waals surface area contributed by atoms with Crippen LogP contribution in [0, 0.1) is 0 Å². The van der Waals surface area contributed by atoms with Crippen molar-refractivity contribution in [3.8, 4) is 0 Å². The van der Waals surface area contributed by atoms with Gasteiger partial charge in [-0.3, -0.25) is 0 Å². The molecule has 0 amide bonds. The molecule has 2 rings (SSSR count). The predicted octanol–water partition coefficient (Wildman–Crippen LogP) is 2.98. The standard InChI is InChI=1S/C14H26N4S/c1-2-13-16-14(19-17-13)18(11-7-10-15)12-8-5-3-4-6-9-12/h12H,2-11,15H2,1H3. The van der Waals surface area contributed by atoms with E-state index >= 15 is 0 Å². The molecule has 1 aromatic rings. The average Bonchev–Trinajstić information content (AvgIpc) is 2.74. The lowest BCUT2D eigenvalue weighted by atomic mass is 10.1. The van der Waals surface area contributed by atoms with Crippen LogP contribution in [0.25, 0.3) is 0 Å². The highest BCUT2D eigenvalue weighted by Crippen LogP contribution is 2.28. The molecule has 0 bridgehead atoms. The zero-order valence-corrected chi connectivity index (χ0v) is 12.8.